The predicted octanol–water partition coefficient (Wildman–Crippen LogP) is 3.16. The van der Waals surface area contributed by atoms with Gasteiger partial charge < -0.3 is 10.2 Å². The lowest BCUT2D eigenvalue weighted by Gasteiger charge is -2.29. The van der Waals surface area contributed by atoms with Crippen molar-refractivity contribution in [2.24, 2.45) is 0 Å². The highest BCUT2D eigenvalue weighted by Gasteiger charge is 2.29. The summed E-state index contributed by atoms with van der Waals surface area (Å²) in [5.74, 6) is -2.12. The van der Waals surface area contributed by atoms with Crippen LogP contribution in [-0.2, 0) is 16.1 Å². The van der Waals surface area contributed by atoms with Gasteiger partial charge in [-0.3, -0.25) is 14.5 Å². The summed E-state index contributed by atoms with van der Waals surface area (Å²) in [6.45, 7) is 2.20. The standard InChI is InChI=1S/C20H21F2N3O2/c1-13-9-19(26)23-17-5-3-4-6-18(17)25(13)20(27)12-24(2)11-14-7-8-15(21)16(22)10-14/h3-8,10,13H,9,11-12H2,1-2H3,(H,23,26). The van der Waals surface area contributed by atoms with Crippen LogP contribution in [0.5, 0.6) is 0 Å². The fourth-order valence-corrected chi connectivity index (χ4v) is 3.28. The molecule has 5 nitrogen and oxygen atoms in total. The number of nitrogens with zero attached hydrogens (tertiary/aromatic N) is 2. The average molecular weight is 373 g/mol. The van der Waals surface area contributed by atoms with E-state index in [2.05, 4.69) is 5.32 Å². The third-order valence-corrected chi connectivity index (χ3v) is 4.47. The van der Waals surface area contributed by atoms with E-state index in [0.717, 1.165) is 12.1 Å². The van der Waals surface area contributed by atoms with Crippen molar-refractivity contribution in [3.05, 3.63) is 59.7 Å². The summed E-state index contributed by atoms with van der Waals surface area (Å²) >= 11 is 0. The molecule has 2 amide bonds. The number of anilines is 2. The molecule has 0 saturated heterocycles. The maximum absolute atomic E-state index is 13.4. The van der Waals surface area contributed by atoms with E-state index in [1.165, 1.54) is 6.07 Å². The van der Waals surface area contributed by atoms with Crippen LogP contribution in [0.2, 0.25) is 0 Å². The second-order valence-corrected chi connectivity index (χ2v) is 6.80. The Morgan fingerprint density at radius 2 is 1.96 bits per heavy atom. The minimum atomic E-state index is -0.910. The van der Waals surface area contributed by atoms with Crippen LogP contribution in [0.25, 0.3) is 0 Å². The number of hydrogen-bond acceptors (Lipinski definition) is 3. The van der Waals surface area contributed by atoms with Crippen molar-refractivity contribution >= 4 is 23.2 Å². The molecule has 1 atom stereocenters. The number of amides is 2. The minimum Gasteiger partial charge on any atom is -0.324 e. The van der Waals surface area contributed by atoms with Gasteiger partial charge in [0.15, 0.2) is 11.6 Å². The zero-order chi connectivity index (χ0) is 19.6. The van der Waals surface area contributed by atoms with Gasteiger partial charge in [-0.2, -0.15) is 0 Å². The third kappa shape index (κ3) is 4.31. The van der Waals surface area contributed by atoms with Gasteiger partial charge in [-0.05, 0) is 43.8 Å². The molecule has 142 valence electrons. The second-order valence-electron chi connectivity index (χ2n) is 6.80. The first-order chi connectivity index (χ1) is 12.8. The summed E-state index contributed by atoms with van der Waals surface area (Å²) in [6, 6.07) is 10.6. The van der Waals surface area contributed by atoms with Crippen LogP contribution in [0, 0.1) is 11.6 Å². The van der Waals surface area contributed by atoms with Gasteiger partial charge in [0, 0.05) is 19.0 Å². The summed E-state index contributed by atoms with van der Waals surface area (Å²) in [7, 11) is 1.73. The smallest absolute Gasteiger partial charge is 0.241 e. The molecule has 27 heavy (non-hydrogen) atoms. The number of benzene rings is 2. The fraction of sp³-hybridized carbons (Fsp3) is 0.300. The molecule has 7 heteroatoms. The first kappa shape index (κ1) is 19.0. The van der Waals surface area contributed by atoms with Crippen LogP contribution in [-0.4, -0.2) is 36.3 Å². The number of hydrogen-bond donors (Lipinski definition) is 1. The number of nitrogens with one attached hydrogen (secondary N) is 1. The highest BCUT2D eigenvalue weighted by molar-refractivity contribution is 6.04. The minimum absolute atomic E-state index is 0.0753. The zero-order valence-electron chi connectivity index (χ0n) is 15.2. The molecule has 1 aliphatic rings. The van der Waals surface area contributed by atoms with Gasteiger partial charge in [-0.15, -0.1) is 0 Å². The molecule has 0 bridgehead atoms. The lowest BCUT2D eigenvalue weighted by Crippen LogP contribution is -2.44. The van der Waals surface area contributed by atoms with Crippen LogP contribution < -0.4 is 10.2 Å². The Morgan fingerprint density at radius 1 is 1.22 bits per heavy atom. The average Bonchev–Trinajstić information content (AvgIpc) is 2.72. The van der Waals surface area contributed by atoms with Crippen molar-refractivity contribution < 1.29 is 18.4 Å². The zero-order valence-corrected chi connectivity index (χ0v) is 15.2. The van der Waals surface area contributed by atoms with Crippen LogP contribution in [0.4, 0.5) is 20.2 Å². The summed E-state index contributed by atoms with van der Waals surface area (Å²) in [5.41, 5.74) is 1.83. The van der Waals surface area contributed by atoms with Gasteiger partial charge in [0.25, 0.3) is 0 Å². The van der Waals surface area contributed by atoms with Gasteiger partial charge in [0.1, 0.15) is 0 Å². The molecule has 1 N–H and O–H groups in total. The second kappa shape index (κ2) is 7.84. The first-order valence-electron chi connectivity index (χ1n) is 8.68. The van der Waals surface area contributed by atoms with E-state index in [4.69, 9.17) is 0 Å². The molecule has 2 aromatic rings. The van der Waals surface area contributed by atoms with Gasteiger partial charge in [0.2, 0.25) is 11.8 Å². The molecule has 0 fully saturated rings. The number of carbonyl (C=O) groups is 2. The van der Waals surface area contributed by atoms with Gasteiger partial charge in [-0.25, -0.2) is 8.78 Å². The molecule has 1 aliphatic heterocycles. The largest absolute Gasteiger partial charge is 0.324 e. The van der Waals surface area contributed by atoms with E-state index in [1.54, 1.807) is 35.0 Å². The van der Waals surface area contributed by atoms with Crippen molar-refractivity contribution in [1.29, 1.82) is 0 Å². The lowest BCUT2D eigenvalue weighted by atomic mass is 10.1. The summed E-state index contributed by atoms with van der Waals surface area (Å²) in [4.78, 5) is 28.3. The SMILES string of the molecule is CC1CC(=O)Nc2ccccc2N1C(=O)CN(C)Cc1ccc(F)c(F)c1. The highest BCUT2D eigenvalue weighted by atomic mass is 19.2. The molecule has 1 unspecified atom stereocenters. The Balaban J connectivity index is 1.76. The quantitative estimate of drug-likeness (QED) is 0.896. The van der Waals surface area contributed by atoms with Crippen molar-refractivity contribution in [3.63, 3.8) is 0 Å². The van der Waals surface area contributed by atoms with Crippen LogP contribution in [0.15, 0.2) is 42.5 Å². The van der Waals surface area contributed by atoms with Crippen molar-refractivity contribution in [3.8, 4) is 0 Å². The number of carbonyl (C=O) groups excluding carboxylic acids is 2. The molecule has 0 saturated carbocycles. The van der Waals surface area contributed by atoms with E-state index in [0.29, 0.717) is 23.5 Å². The Hall–Kier alpha value is -2.80. The van der Waals surface area contributed by atoms with Gasteiger partial charge in [-0.1, -0.05) is 18.2 Å². The maximum Gasteiger partial charge on any atom is 0.241 e. The molecule has 0 spiro atoms. The molecule has 0 aliphatic carbocycles. The Kier molecular flexibility index (Phi) is 5.51. The van der Waals surface area contributed by atoms with Crippen molar-refractivity contribution in [1.82, 2.24) is 4.90 Å². The molecule has 2 aromatic carbocycles. The summed E-state index contributed by atoms with van der Waals surface area (Å²) in [6.07, 6.45) is 0.202. The number of para-hydroxylation sites is 2. The van der Waals surface area contributed by atoms with E-state index in [-0.39, 0.29) is 30.8 Å². The fourth-order valence-electron chi connectivity index (χ4n) is 3.28. The Bertz CT molecular complexity index is 872. The van der Waals surface area contributed by atoms with Crippen molar-refractivity contribution in [2.75, 3.05) is 23.8 Å². The normalized spacial score (nSPS) is 16.7. The Labute approximate surface area is 156 Å². The van der Waals surface area contributed by atoms with Gasteiger partial charge >= 0.3 is 0 Å². The Morgan fingerprint density at radius 3 is 2.70 bits per heavy atom. The van der Waals surface area contributed by atoms with Crippen molar-refractivity contribution in [2.45, 2.75) is 25.9 Å². The lowest BCUT2D eigenvalue weighted by molar-refractivity contribution is -0.120. The van der Waals surface area contributed by atoms with Crippen LogP contribution in [0.1, 0.15) is 18.9 Å². The number of likely N-dealkylation sites (N-methyl/N-ethyl adjacent to an activating group) is 1. The molecule has 3 rings (SSSR count). The molecule has 0 radical (unpaired) electrons. The molecule has 0 aromatic heterocycles. The maximum atomic E-state index is 13.4. The van der Waals surface area contributed by atoms with Crippen LogP contribution in [0.3, 0.4) is 0 Å². The van der Waals surface area contributed by atoms with E-state index < -0.39 is 11.6 Å². The highest BCUT2D eigenvalue weighted by Crippen LogP contribution is 2.31. The third-order valence-electron chi connectivity index (χ3n) is 4.47. The number of rotatable bonds is 4. The summed E-state index contributed by atoms with van der Waals surface area (Å²) < 4.78 is 26.4. The molecular weight excluding hydrogens is 352 g/mol. The first-order valence-corrected chi connectivity index (χ1v) is 8.68. The molecule has 1 heterocycles. The van der Waals surface area contributed by atoms with E-state index in [1.807, 2.05) is 13.0 Å². The van der Waals surface area contributed by atoms with Gasteiger partial charge in [0.05, 0.1) is 17.9 Å². The van der Waals surface area contributed by atoms with E-state index in [9.17, 15) is 18.4 Å². The predicted molar refractivity (Wildman–Crippen MR) is 99.3 cm³/mol. The number of fused-ring (bicyclic) bond motifs is 1. The van der Waals surface area contributed by atoms with E-state index >= 15 is 0 Å². The van der Waals surface area contributed by atoms with Crippen LogP contribution >= 0.6 is 0 Å². The topological polar surface area (TPSA) is 52.7 Å². The molecular formula is C20H21F2N3O2. The monoisotopic (exact) mass is 373 g/mol. The number of halogens is 2. The summed E-state index contributed by atoms with van der Waals surface area (Å²) in [5, 5.41) is 2.82.